The van der Waals surface area contributed by atoms with Gasteiger partial charge in [-0.25, -0.2) is 8.51 Å². The van der Waals surface area contributed by atoms with E-state index in [4.69, 9.17) is 4.55 Å². The summed E-state index contributed by atoms with van der Waals surface area (Å²) in [6.07, 6.45) is 0. The number of carbonyl (C=O) groups is 1. The van der Waals surface area contributed by atoms with Crippen LogP contribution in [0.5, 0.6) is 0 Å². The monoisotopic (exact) mass is 137 g/mol. The lowest BCUT2D eigenvalue weighted by atomic mass is 10.7. The lowest BCUT2D eigenvalue weighted by Crippen LogP contribution is -2.25. The Morgan fingerprint density at radius 3 is 2.12 bits per heavy atom. The van der Waals surface area contributed by atoms with Gasteiger partial charge in [0.15, 0.2) is 0 Å². The summed E-state index contributed by atoms with van der Waals surface area (Å²) in [4.78, 5) is 10.2. The van der Waals surface area contributed by atoms with Crippen molar-refractivity contribution in [1.29, 1.82) is 0 Å². The van der Waals surface area contributed by atoms with Gasteiger partial charge in [-0.05, 0) is 0 Å². The van der Waals surface area contributed by atoms with E-state index in [-0.39, 0.29) is 0 Å². The van der Waals surface area contributed by atoms with Gasteiger partial charge in [-0.15, -0.1) is 0 Å². The van der Waals surface area contributed by atoms with Crippen molar-refractivity contribution in [3.8, 4) is 0 Å². The summed E-state index contributed by atoms with van der Waals surface area (Å²) in [7, 11) is 1.25. The molecule has 0 rings (SSSR count). The Hall–Kier alpha value is -0.420. The number of amides is 1. The summed E-state index contributed by atoms with van der Waals surface area (Å²) in [5.41, 5.74) is 0. The average molecular weight is 137 g/mol. The molecule has 1 unspecified atom stereocenters. The third-order valence-electron chi connectivity index (χ3n) is 0.678. The molecule has 0 aromatic heterocycles. The van der Waals surface area contributed by atoms with E-state index in [1.54, 1.807) is 0 Å². The third-order valence-corrected chi connectivity index (χ3v) is 1.40. The molecule has 8 heavy (non-hydrogen) atoms. The molecule has 0 aliphatic carbocycles. The molecule has 0 bridgehead atoms. The van der Waals surface area contributed by atoms with Gasteiger partial charge in [-0.1, -0.05) is 0 Å². The first-order valence-corrected chi connectivity index (χ1v) is 2.97. The minimum atomic E-state index is -2.16. The zero-order valence-electron chi connectivity index (χ0n) is 4.62. The number of rotatable bonds is 1. The Morgan fingerprint density at radius 1 is 1.75 bits per heavy atom. The van der Waals surface area contributed by atoms with Crippen molar-refractivity contribution in [2.24, 2.45) is 0 Å². The van der Waals surface area contributed by atoms with Crippen LogP contribution < -0.4 is 0 Å². The molecule has 0 saturated heterocycles. The van der Waals surface area contributed by atoms with E-state index < -0.39 is 17.2 Å². The smallest absolute Gasteiger partial charge is 0.263 e. The van der Waals surface area contributed by atoms with Gasteiger partial charge in [0.2, 0.25) is 5.91 Å². The summed E-state index contributed by atoms with van der Waals surface area (Å²) in [6, 6.07) is 0. The fourth-order valence-corrected chi connectivity index (χ4v) is 0.330. The largest absolute Gasteiger partial charge is 0.289 e. The minimum absolute atomic E-state index is 0.425. The molecule has 0 spiro atoms. The first-order chi connectivity index (χ1) is 3.55. The number of nitrogens with zero attached hydrogens (tertiary/aromatic N) is 1. The van der Waals surface area contributed by atoms with Crippen LogP contribution in [0.2, 0.25) is 0 Å². The Morgan fingerprint density at radius 2 is 2.12 bits per heavy atom. The molecule has 48 valence electrons. The summed E-state index contributed by atoms with van der Waals surface area (Å²) >= 11 is -2.16. The number of hydrogen-bond acceptors (Lipinski definition) is 2. The van der Waals surface area contributed by atoms with Gasteiger partial charge in [0.1, 0.15) is 0 Å². The van der Waals surface area contributed by atoms with Crippen molar-refractivity contribution in [2.45, 2.75) is 6.92 Å². The predicted octanol–water partition coefficient (Wildman–Crippen LogP) is -0.399. The van der Waals surface area contributed by atoms with Crippen LogP contribution in [0.3, 0.4) is 0 Å². The Balaban J connectivity index is 3.83. The van der Waals surface area contributed by atoms with Crippen LogP contribution in [0.15, 0.2) is 0 Å². The zero-order chi connectivity index (χ0) is 6.73. The second-order valence-corrected chi connectivity index (χ2v) is 2.26. The van der Waals surface area contributed by atoms with Crippen LogP contribution in [-0.2, 0) is 16.1 Å². The first kappa shape index (κ1) is 7.58. The van der Waals surface area contributed by atoms with Crippen molar-refractivity contribution in [3.63, 3.8) is 0 Å². The van der Waals surface area contributed by atoms with E-state index in [1.807, 2.05) is 0 Å². The van der Waals surface area contributed by atoms with Gasteiger partial charge in [-0.3, -0.25) is 9.35 Å². The van der Waals surface area contributed by atoms with Gasteiger partial charge in [0, 0.05) is 14.0 Å². The summed E-state index contributed by atoms with van der Waals surface area (Å²) in [5.74, 6) is -0.425. The van der Waals surface area contributed by atoms with Gasteiger partial charge < -0.3 is 0 Å². The van der Waals surface area contributed by atoms with E-state index in [9.17, 15) is 9.00 Å². The van der Waals surface area contributed by atoms with Crippen molar-refractivity contribution in [1.82, 2.24) is 4.31 Å². The van der Waals surface area contributed by atoms with E-state index in [1.165, 1.54) is 14.0 Å². The summed E-state index contributed by atoms with van der Waals surface area (Å²) < 4.78 is 18.8. The molecule has 0 aliphatic rings. The zero-order valence-corrected chi connectivity index (χ0v) is 5.44. The molecule has 0 aromatic rings. The maximum atomic E-state index is 10.2. The molecule has 0 aromatic carbocycles. The highest BCUT2D eigenvalue weighted by Gasteiger charge is 2.05. The van der Waals surface area contributed by atoms with Crippen molar-refractivity contribution in [2.75, 3.05) is 7.05 Å². The predicted molar refractivity (Wildman–Crippen MR) is 29.2 cm³/mol. The van der Waals surface area contributed by atoms with Gasteiger partial charge in [-0.2, -0.15) is 0 Å². The minimum Gasteiger partial charge on any atom is -0.289 e. The van der Waals surface area contributed by atoms with Crippen LogP contribution in [-0.4, -0.2) is 26.0 Å². The van der Waals surface area contributed by atoms with Crippen LogP contribution in [0, 0.1) is 0 Å². The quantitative estimate of drug-likeness (QED) is 0.500. The second kappa shape index (κ2) is 2.78. The maximum Gasteiger partial charge on any atom is 0.263 e. The van der Waals surface area contributed by atoms with Gasteiger partial charge in [0.25, 0.3) is 11.3 Å². The second-order valence-electron chi connectivity index (χ2n) is 1.25. The average Bonchev–Trinajstić information content (AvgIpc) is 1.64. The lowest BCUT2D eigenvalue weighted by molar-refractivity contribution is -0.123. The van der Waals surface area contributed by atoms with Crippen molar-refractivity contribution >= 4 is 17.2 Å². The molecule has 4 nitrogen and oxygen atoms in total. The van der Waals surface area contributed by atoms with Crippen LogP contribution >= 0.6 is 0 Å². The molecule has 1 atom stereocenters. The molecule has 0 heterocycles. The molecule has 0 saturated carbocycles. The Bertz CT molecular complexity index is 110. The third kappa shape index (κ3) is 2.04. The highest BCUT2D eigenvalue weighted by Crippen LogP contribution is 1.84. The molecule has 0 fully saturated rings. The van der Waals surface area contributed by atoms with Crippen molar-refractivity contribution < 1.29 is 13.6 Å². The molecule has 1 amide bonds. The Labute approximate surface area is 49.9 Å². The highest BCUT2D eigenvalue weighted by molar-refractivity contribution is 7.77. The van der Waals surface area contributed by atoms with E-state index in [2.05, 4.69) is 0 Å². The summed E-state index contributed by atoms with van der Waals surface area (Å²) in [6.45, 7) is 1.22. The number of hydrogen-bond donors (Lipinski definition) is 1. The Kier molecular flexibility index (Phi) is 2.64. The lowest BCUT2D eigenvalue weighted by Gasteiger charge is -2.05. The normalized spacial score (nSPS) is 12.9. The van der Waals surface area contributed by atoms with Crippen molar-refractivity contribution in [3.05, 3.63) is 0 Å². The van der Waals surface area contributed by atoms with Gasteiger partial charge >= 0.3 is 0 Å². The van der Waals surface area contributed by atoms with Crippen LogP contribution in [0.4, 0.5) is 0 Å². The molecule has 5 heteroatoms. The molecule has 0 radical (unpaired) electrons. The van der Waals surface area contributed by atoms with E-state index >= 15 is 0 Å². The molecular formula is C3H7NO3S. The molecule has 1 N–H and O–H groups in total. The topological polar surface area (TPSA) is 57.6 Å². The van der Waals surface area contributed by atoms with E-state index in [0.717, 1.165) is 4.31 Å². The summed E-state index contributed by atoms with van der Waals surface area (Å²) in [5, 5.41) is 0. The molecule has 0 aliphatic heterocycles. The first-order valence-electron chi connectivity index (χ1n) is 1.91. The SMILES string of the molecule is CC(=O)N(C)S(=O)O. The van der Waals surface area contributed by atoms with Crippen LogP contribution in [0.1, 0.15) is 6.92 Å². The fraction of sp³-hybridized carbons (Fsp3) is 0.667. The molecular weight excluding hydrogens is 130 g/mol. The fourth-order valence-electron chi connectivity index (χ4n) is 0.110. The van der Waals surface area contributed by atoms with E-state index in [0.29, 0.717) is 0 Å². The van der Waals surface area contributed by atoms with Gasteiger partial charge in [0.05, 0.1) is 0 Å². The number of carbonyl (C=O) groups excluding carboxylic acids is 1. The maximum absolute atomic E-state index is 10.2. The standard InChI is InChI=1S/C3H7NO3S/c1-3(5)4(2)8(6)7/h1-2H3,(H,6,7). The van der Waals surface area contributed by atoms with Crippen LogP contribution in [0.25, 0.3) is 0 Å². The highest BCUT2D eigenvalue weighted by atomic mass is 32.2.